The summed E-state index contributed by atoms with van der Waals surface area (Å²) in [5, 5.41) is 0. The van der Waals surface area contributed by atoms with Crippen LogP contribution in [-0.4, -0.2) is 53.8 Å². The standard InChI is InChI=1S/C13H18F3N3O3S/c1-9-7-10(2)18-12(17-9)22-11-3-5-19(8-11)23(20,21)6-4-13(14,15)16/h7,11H,3-6,8H2,1-2H3. The van der Waals surface area contributed by atoms with Gasteiger partial charge in [-0.05, 0) is 26.3 Å². The van der Waals surface area contributed by atoms with E-state index in [2.05, 4.69) is 9.97 Å². The highest BCUT2D eigenvalue weighted by molar-refractivity contribution is 7.89. The molecule has 0 amide bonds. The Morgan fingerprint density at radius 1 is 1.30 bits per heavy atom. The van der Waals surface area contributed by atoms with Gasteiger partial charge in [-0.3, -0.25) is 0 Å². The van der Waals surface area contributed by atoms with E-state index in [9.17, 15) is 21.6 Å². The number of sulfonamides is 1. The van der Waals surface area contributed by atoms with Crippen LogP contribution < -0.4 is 4.74 Å². The minimum absolute atomic E-state index is 0.0105. The van der Waals surface area contributed by atoms with Gasteiger partial charge in [0, 0.05) is 17.9 Å². The smallest absolute Gasteiger partial charge is 0.390 e. The monoisotopic (exact) mass is 353 g/mol. The molecule has 0 N–H and O–H groups in total. The number of aryl methyl sites for hydroxylation is 2. The summed E-state index contributed by atoms with van der Waals surface area (Å²) in [6, 6.07) is 1.93. The summed E-state index contributed by atoms with van der Waals surface area (Å²) in [7, 11) is -3.94. The van der Waals surface area contributed by atoms with Crippen molar-refractivity contribution in [2.75, 3.05) is 18.8 Å². The predicted molar refractivity (Wildman–Crippen MR) is 76.6 cm³/mol. The van der Waals surface area contributed by atoms with Gasteiger partial charge in [0.15, 0.2) is 0 Å². The molecule has 0 spiro atoms. The minimum Gasteiger partial charge on any atom is -0.459 e. The van der Waals surface area contributed by atoms with Gasteiger partial charge in [0.25, 0.3) is 0 Å². The maximum atomic E-state index is 12.2. The van der Waals surface area contributed by atoms with E-state index in [4.69, 9.17) is 4.74 Å². The highest BCUT2D eigenvalue weighted by atomic mass is 32.2. The number of hydrogen-bond acceptors (Lipinski definition) is 5. The highest BCUT2D eigenvalue weighted by Gasteiger charge is 2.36. The molecule has 1 saturated heterocycles. The topological polar surface area (TPSA) is 72.4 Å². The van der Waals surface area contributed by atoms with Gasteiger partial charge in [-0.15, -0.1) is 0 Å². The molecule has 0 aliphatic carbocycles. The summed E-state index contributed by atoms with van der Waals surface area (Å²) in [6.45, 7) is 3.71. The first kappa shape index (κ1) is 17.9. The largest absolute Gasteiger partial charge is 0.459 e. The molecule has 0 aromatic carbocycles. The van der Waals surface area contributed by atoms with E-state index in [0.717, 1.165) is 15.7 Å². The number of hydrogen-bond donors (Lipinski definition) is 0. The van der Waals surface area contributed by atoms with Crippen LogP contribution in [-0.2, 0) is 10.0 Å². The number of alkyl halides is 3. The lowest BCUT2D eigenvalue weighted by molar-refractivity contribution is -0.130. The van der Waals surface area contributed by atoms with Crippen molar-refractivity contribution in [2.24, 2.45) is 0 Å². The van der Waals surface area contributed by atoms with Crippen LogP contribution in [0.25, 0.3) is 0 Å². The Balaban J connectivity index is 1.95. The first-order valence-electron chi connectivity index (χ1n) is 7.09. The lowest BCUT2D eigenvalue weighted by atomic mass is 10.3. The molecule has 1 aromatic heterocycles. The molecule has 130 valence electrons. The molecule has 1 atom stereocenters. The van der Waals surface area contributed by atoms with E-state index in [0.29, 0.717) is 6.42 Å². The maximum absolute atomic E-state index is 12.2. The fourth-order valence-corrected chi connectivity index (χ4v) is 3.84. The van der Waals surface area contributed by atoms with Gasteiger partial charge >= 0.3 is 12.2 Å². The first-order valence-corrected chi connectivity index (χ1v) is 8.69. The number of aromatic nitrogens is 2. The van der Waals surface area contributed by atoms with Crippen LogP contribution in [0.3, 0.4) is 0 Å². The normalized spacial score (nSPS) is 20.0. The molecule has 6 nitrogen and oxygen atoms in total. The van der Waals surface area contributed by atoms with Crippen LogP contribution in [0.4, 0.5) is 13.2 Å². The third-order valence-electron chi connectivity index (χ3n) is 3.38. The second-order valence-corrected chi connectivity index (χ2v) is 7.59. The number of nitrogens with zero attached hydrogens (tertiary/aromatic N) is 3. The zero-order valence-corrected chi connectivity index (χ0v) is 13.6. The van der Waals surface area contributed by atoms with Gasteiger partial charge < -0.3 is 4.74 Å². The molecular weight excluding hydrogens is 335 g/mol. The molecule has 1 unspecified atom stereocenters. The van der Waals surface area contributed by atoms with Crippen molar-refractivity contribution in [3.05, 3.63) is 17.5 Å². The molecular formula is C13H18F3N3O3S. The van der Waals surface area contributed by atoms with Crippen molar-refractivity contribution in [1.82, 2.24) is 14.3 Å². The average molecular weight is 353 g/mol. The zero-order valence-electron chi connectivity index (χ0n) is 12.8. The average Bonchev–Trinajstić information content (AvgIpc) is 2.84. The Bertz CT molecular complexity index is 644. The molecule has 23 heavy (non-hydrogen) atoms. The zero-order chi connectivity index (χ0) is 17.3. The van der Waals surface area contributed by atoms with Crippen molar-refractivity contribution in [3.8, 4) is 6.01 Å². The molecule has 2 rings (SSSR count). The quantitative estimate of drug-likeness (QED) is 0.808. The summed E-state index contributed by atoms with van der Waals surface area (Å²) in [5.41, 5.74) is 1.44. The Labute approximate surface area is 132 Å². The summed E-state index contributed by atoms with van der Waals surface area (Å²) in [5.74, 6) is -0.941. The van der Waals surface area contributed by atoms with Crippen molar-refractivity contribution in [1.29, 1.82) is 0 Å². The van der Waals surface area contributed by atoms with Crippen LogP contribution in [0.5, 0.6) is 6.01 Å². The fourth-order valence-electron chi connectivity index (χ4n) is 2.32. The molecule has 1 aliphatic rings. The Morgan fingerprint density at radius 3 is 2.48 bits per heavy atom. The van der Waals surface area contributed by atoms with Gasteiger partial charge in [0.1, 0.15) is 6.10 Å². The van der Waals surface area contributed by atoms with Crippen molar-refractivity contribution < 1.29 is 26.3 Å². The van der Waals surface area contributed by atoms with Crippen LogP contribution in [0.2, 0.25) is 0 Å². The second kappa shape index (κ2) is 6.60. The van der Waals surface area contributed by atoms with Crippen LogP contribution in [0, 0.1) is 13.8 Å². The van der Waals surface area contributed by atoms with Crippen LogP contribution >= 0.6 is 0 Å². The van der Waals surface area contributed by atoms with Gasteiger partial charge in [-0.2, -0.15) is 17.5 Å². The van der Waals surface area contributed by atoms with E-state index in [1.807, 2.05) is 0 Å². The van der Waals surface area contributed by atoms with E-state index in [-0.39, 0.29) is 19.1 Å². The number of ether oxygens (including phenoxy) is 1. The molecule has 10 heteroatoms. The third kappa shape index (κ3) is 5.31. The molecule has 1 aromatic rings. The number of rotatable bonds is 5. The first-order chi connectivity index (χ1) is 10.5. The van der Waals surface area contributed by atoms with Crippen LogP contribution in [0.1, 0.15) is 24.2 Å². The predicted octanol–water partition coefficient (Wildman–Crippen LogP) is 1.83. The van der Waals surface area contributed by atoms with Gasteiger partial charge in [-0.1, -0.05) is 0 Å². The summed E-state index contributed by atoms with van der Waals surface area (Å²) < 4.78 is 67.0. The van der Waals surface area contributed by atoms with Gasteiger partial charge in [0.05, 0.1) is 18.7 Å². The summed E-state index contributed by atoms with van der Waals surface area (Å²) >= 11 is 0. The van der Waals surface area contributed by atoms with E-state index >= 15 is 0 Å². The molecule has 0 radical (unpaired) electrons. The highest BCUT2D eigenvalue weighted by Crippen LogP contribution is 2.24. The van der Waals surface area contributed by atoms with E-state index in [1.165, 1.54) is 0 Å². The SMILES string of the molecule is Cc1cc(C)nc(OC2CCN(S(=O)(=O)CCC(F)(F)F)C2)n1. The molecule has 0 saturated carbocycles. The van der Waals surface area contributed by atoms with E-state index < -0.39 is 34.5 Å². The molecule has 2 heterocycles. The maximum Gasteiger partial charge on any atom is 0.390 e. The molecule has 1 aliphatic heterocycles. The van der Waals surface area contributed by atoms with Crippen molar-refractivity contribution in [2.45, 2.75) is 39.0 Å². The lowest BCUT2D eigenvalue weighted by Crippen LogP contribution is -2.34. The minimum atomic E-state index is -4.49. The lowest BCUT2D eigenvalue weighted by Gasteiger charge is -2.17. The van der Waals surface area contributed by atoms with Crippen LogP contribution in [0.15, 0.2) is 6.07 Å². The van der Waals surface area contributed by atoms with Crippen molar-refractivity contribution in [3.63, 3.8) is 0 Å². The summed E-state index contributed by atoms with van der Waals surface area (Å²) in [6.07, 6.45) is -5.91. The third-order valence-corrected chi connectivity index (χ3v) is 5.22. The van der Waals surface area contributed by atoms with Gasteiger partial charge in [0.2, 0.25) is 10.0 Å². The van der Waals surface area contributed by atoms with Gasteiger partial charge in [-0.25, -0.2) is 18.4 Å². The number of halogens is 3. The molecule has 0 bridgehead atoms. The fraction of sp³-hybridized carbons (Fsp3) is 0.692. The Kier molecular flexibility index (Phi) is 5.14. The Hall–Kier alpha value is -1.42. The Morgan fingerprint density at radius 2 is 1.91 bits per heavy atom. The molecule has 1 fully saturated rings. The second-order valence-electron chi connectivity index (χ2n) is 5.50. The van der Waals surface area contributed by atoms with E-state index in [1.54, 1.807) is 19.9 Å². The van der Waals surface area contributed by atoms with Crippen molar-refractivity contribution >= 4 is 10.0 Å². The summed E-state index contributed by atoms with van der Waals surface area (Å²) in [4.78, 5) is 8.21.